The summed E-state index contributed by atoms with van der Waals surface area (Å²) in [5.74, 6) is -0.115. The smallest absolute Gasteiger partial charge is 0.339 e. The number of esters is 1. The van der Waals surface area contributed by atoms with Gasteiger partial charge < -0.3 is 19.4 Å². The van der Waals surface area contributed by atoms with Crippen LogP contribution in [0.2, 0.25) is 5.02 Å². The second-order valence-electron chi connectivity index (χ2n) is 6.64. The quantitative estimate of drug-likeness (QED) is 0.381. The molecule has 0 bridgehead atoms. The minimum Gasteiger partial charge on any atom is -0.483 e. The third kappa shape index (κ3) is 5.77. The number of rotatable bonds is 8. The SMILES string of the molecule is COC(=O)c1cc(NC(=O)CSc2nnc(C(C)Oc3ccc(F)cc3)n2C)ccc1Cl. The van der Waals surface area contributed by atoms with E-state index in [1.807, 2.05) is 0 Å². The van der Waals surface area contributed by atoms with Gasteiger partial charge in [0, 0.05) is 12.7 Å². The molecule has 1 heterocycles. The van der Waals surface area contributed by atoms with Crippen LogP contribution in [0, 0.1) is 5.82 Å². The highest BCUT2D eigenvalue weighted by Crippen LogP contribution is 2.25. The highest BCUT2D eigenvalue weighted by molar-refractivity contribution is 7.99. The summed E-state index contributed by atoms with van der Waals surface area (Å²) in [7, 11) is 3.02. The lowest BCUT2D eigenvalue weighted by Gasteiger charge is -2.14. The number of hydrogen-bond acceptors (Lipinski definition) is 7. The third-order valence-electron chi connectivity index (χ3n) is 4.35. The maximum Gasteiger partial charge on any atom is 0.339 e. The molecule has 8 nitrogen and oxygen atoms in total. The van der Waals surface area contributed by atoms with E-state index >= 15 is 0 Å². The van der Waals surface area contributed by atoms with E-state index in [0.717, 1.165) is 0 Å². The standard InChI is InChI=1S/C21H20ClFN4O4S/c1-12(31-15-7-4-13(23)5-8-15)19-25-26-21(27(19)2)32-11-18(28)24-14-6-9-17(22)16(10-14)20(29)30-3/h4-10,12H,11H2,1-3H3,(H,24,28). The lowest BCUT2D eigenvalue weighted by Crippen LogP contribution is -2.15. The molecule has 1 amide bonds. The van der Waals surface area contributed by atoms with Crippen LogP contribution in [0.5, 0.6) is 5.75 Å². The number of anilines is 1. The van der Waals surface area contributed by atoms with E-state index < -0.39 is 12.1 Å². The maximum atomic E-state index is 13.0. The Balaban J connectivity index is 1.59. The van der Waals surface area contributed by atoms with E-state index in [1.54, 1.807) is 24.6 Å². The predicted molar refractivity (Wildman–Crippen MR) is 119 cm³/mol. The van der Waals surface area contributed by atoms with E-state index in [1.165, 1.54) is 55.3 Å². The Kier molecular flexibility index (Phi) is 7.70. The molecule has 0 saturated heterocycles. The molecule has 32 heavy (non-hydrogen) atoms. The van der Waals surface area contributed by atoms with Crippen molar-refractivity contribution in [2.45, 2.75) is 18.2 Å². The molecule has 1 atom stereocenters. The van der Waals surface area contributed by atoms with Gasteiger partial charge in [-0.1, -0.05) is 23.4 Å². The second-order valence-corrected chi connectivity index (χ2v) is 7.99. The minimum absolute atomic E-state index is 0.0648. The van der Waals surface area contributed by atoms with Gasteiger partial charge in [0.1, 0.15) is 11.6 Å². The molecule has 0 saturated carbocycles. The van der Waals surface area contributed by atoms with Crippen LogP contribution in [-0.2, 0) is 16.6 Å². The second kappa shape index (κ2) is 10.5. The van der Waals surface area contributed by atoms with Crippen molar-refractivity contribution in [3.05, 3.63) is 64.7 Å². The number of aromatic nitrogens is 3. The predicted octanol–water partition coefficient (Wildman–Crippen LogP) is 4.27. The Hall–Kier alpha value is -3.11. The zero-order valence-electron chi connectivity index (χ0n) is 17.5. The van der Waals surface area contributed by atoms with Gasteiger partial charge in [-0.2, -0.15) is 0 Å². The molecule has 0 fully saturated rings. The highest BCUT2D eigenvalue weighted by atomic mass is 35.5. The van der Waals surface area contributed by atoms with Crippen LogP contribution in [0.3, 0.4) is 0 Å². The summed E-state index contributed by atoms with van der Waals surface area (Å²) in [5, 5.41) is 11.7. The Bertz CT molecular complexity index is 1120. The van der Waals surface area contributed by atoms with E-state index in [0.29, 0.717) is 22.4 Å². The summed E-state index contributed by atoms with van der Waals surface area (Å²) >= 11 is 7.18. The number of carbonyl (C=O) groups excluding carboxylic acids is 2. The van der Waals surface area contributed by atoms with Gasteiger partial charge in [-0.3, -0.25) is 4.79 Å². The topological polar surface area (TPSA) is 95.3 Å². The monoisotopic (exact) mass is 478 g/mol. The van der Waals surface area contributed by atoms with Crippen LogP contribution >= 0.6 is 23.4 Å². The average Bonchev–Trinajstić information content (AvgIpc) is 3.15. The fourth-order valence-corrected chi connectivity index (χ4v) is 3.69. The summed E-state index contributed by atoms with van der Waals surface area (Å²) in [5.41, 5.74) is 0.577. The minimum atomic E-state index is -0.593. The van der Waals surface area contributed by atoms with Crippen LogP contribution in [0.25, 0.3) is 0 Å². The molecule has 2 aromatic carbocycles. The lowest BCUT2D eigenvalue weighted by atomic mass is 10.2. The number of nitrogens with one attached hydrogen (secondary N) is 1. The molecule has 0 radical (unpaired) electrons. The molecule has 0 aliphatic rings. The molecule has 0 aliphatic carbocycles. The summed E-state index contributed by atoms with van der Waals surface area (Å²) in [4.78, 5) is 24.1. The number of hydrogen-bond donors (Lipinski definition) is 1. The fourth-order valence-electron chi connectivity index (χ4n) is 2.77. The zero-order chi connectivity index (χ0) is 23.3. The Morgan fingerprint density at radius 3 is 2.62 bits per heavy atom. The summed E-state index contributed by atoms with van der Waals surface area (Å²) in [6.07, 6.45) is -0.438. The molecule has 1 aromatic heterocycles. The molecule has 168 valence electrons. The van der Waals surface area contributed by atoms with Crippen molar-refractivity contribution in [3.8, 4) is 5.75 Å². The number of benzene rings is 2. The largest absolute Gasteiger partial charge is 0.483 e. The first-order valence-corrected chi connectivity index (χ1v) is 10.8. The third-order valence-corrected chi connectivity index (χ3v) is 5.70. The summed E-state index contributed by atoms with van der Waals surface area (Å²) in [6.45, 7) is 1.80. The van der Waals surface area contributed by atoms with Crippen LogP contribution < -0.4 is 10.1 Å². The number of carbonyl (C=O) groups is 2. The van der Waals surface area contributed by atoms with Crippen LogP contribution in [0.1, 0.15) is 29.2 Å². The van der Waals surface area contributed by atoms with Crippen molar-refractivity contribution in [2.24, 2.45) is 7.05 Å². The van der Waals surface area contributed by atoms with E-state index in [2.05, 4.69) is 20.3 Å². The van der Waals surface area contributed by atoms with Gasteiger partial charge in [0.25, 0.3) is 0 Å². The van der Waals surface area contributed by atoms with E-state index in [4.69, 9.17) is 16.3 Å². The van der Waals surface area contributed by atoms with Crippen molar-refractivity contribution in [3.63, 3.8) is 0 Å². The van der Waals surface area contributed by atoms with Crippen LogP contribution in [-0.4, -0.2) is 39.5 Å². The van der Waals surface area contributed by atoms with Crippen molar-refractivity contribution in [1.29, 1.82) is 0 Å². The number of halogens is 2. The molecule has 0 aliphatic heterocycles. The normalized spacial score (nSPS) is 11.7. The first-order valence-electron chi connectivity index (χ1n) is 9.40. The molecule has 1 unspecified atom stereocenters. The van der Waals surface area contributed by atoms with Gasteiger partial charge in [0.2, 0.25) is 5.91 Å². The maximum absolute atomic E-state index is 13.0. The van der Waals surface area contributed by atoms with Gasteiger partial charge in [0.15, 0.2) is 17.1 Å². The molecule has 11 heteroatoms. The molecule has 3 rings (SSSR count). The molecule has 3 aromatic rings. The Morgan fingerprint density at radius 1 is 1.22 bits per heavy atom. The Labute approximate surface area is 193 Å². The summed E-state index contributed by atoms with van der Waals surface area (Å²) < 4.78 is 25.2. The fraction of sp³-hybridized carbons (Fsp3) is 0.238. The number of ether oxygens (including phenoxy) is 2. The van der Waals surface area contributed by atoms with Crippen LogP contribution in [0.4, 0.5) is 10.1 Å². The summed E-state index contributed by atoms with van der Waals surface area (Å²) in [6, 6.07) is 10.2. The molecule has 1 N–H and O–H groups in total. The van der Waals surface area contributed by atoms with E-state index in [-0.39, 0.29) is 28.1 Å². The number of nitrogens with zero attached hydrogens (tertiary/aromatic N) is 3. The molecule has 0 spiro atoms. The van der Waals surface area contributed by atoms with Gasteiger partial charge in [-0.25, -0.2) is 9.18 Å². The number of methoxy groups -OCH3 is 1. The Morgan fingerprint density at radius 2 is 1.94 bits per heavy atom. The number of amides is 1. The van der Waals surface area contributed by atoms with Crippen LogP contribution in [0.15, 0.2) is 47.6 Å². The first-order chi connectivity index (χ1) is 15.3. The van der Waals surface area contributed by atoms with Gasteiger partial charge in [-0.05, 0) is 49.4 Å². The lowest BCUT2D eigenvalue weighted by molar-refractivity contribution is -0.113. The van der Waals surface area contributed by atoms with Gasteiger partial charge >= 0.3 is 5.97 Å². The van der Waals surface area contributed by atoms with Gasteiger partial charge in [-0.15, -0.1) is 10.2 Å². The number of thioether (sulfide) groups is 1. The zero-order valence-corrected chi connectivity index (χ0v) is 19.0. The van der Waals surface area contributed by atoms with Crippen molar-refractivity contribution >= 4 is 40.9 Å². The molecular formula is C21H20ClFN4O4S. The van der Waals surface area contributed by atoms with Crippen molar-refractivity contribution < 1.29 is 23.5 Å². The van der Waals surface area contributed by atoms with Crippen molar-refractivity contribution in [2.75, 3.05) is 18.2 Å². The highest BCUT2D eigenvalue weighted by Gasteiger charge is 2.18. The van der Waals surface area contributed by atoms with Crippen molar-refractivity contribution in [1.82, 2.24) is 14.8 Å². The van der Waals surface area contributed by atoms with Gasteiger partial charge in [0.05, 0.1) is 23.4 Å². The first kappa shape index (κ1) is 23.6. The van der Waals surface area contributed by atoms with E-state index in [9.17, 15) is 14.0 Å². The average molecular weight is 479 g/mol. The molecular weight excluding hydrogens is 459 g/mol.